The van der Waals surface area contributed by atoms with Gasteiger partial charge in [-0.2, -0.15) is 0 Å². The molecule has 0 aliphatic heterocycles. The van der Waals surface area contributed by atoms with Crippen LogP contribution in [0.1, 0.15) is 264 Å². The molecule has 0 saturated heterocycles. The van der Waals surface area contributed by atoms with Gasteiger partial charge in [-0.1, -0.05) is 260 Å². The smallest absolute Gasteiger partial charge is 0.220 e. The number of carbonyl (C=O) groups excluding carboxylic acids is 1. The van der Waals surface area contributed by atoms with Crippen molar-refractivity contribution in [3.05, 3.63) is 72.9 Å². The van der Waals surface area contributed by atoms with Gasteiger partial charge in [0.1, 0.15) is 0 Å². The van der Waals surface area contributed by atoms with Crippen LogP contribution in [0.25, 0.3) is 0 Å². The Kier molecular flexibility index (Phi) is 50.3. The van der Waals surface area contributed by atoms with Gasteiger partial charge in [0.05, 0.1) is 18.8 Å². The van der Waals surface area contributed by atoms with Crippen LogP contribution in [0.2, 0.25) is 0 Å². The summed E-state index contributed by atoms with van der Waals surface area (Å²) in [5.74, 6) is -0.0728. The van der Waals surface area contributed by atoms with Crippen molar-refractivity contribution in [3.63, 3.8) is 0 Å². The van der Waals surface area contributed by atoms with Crippen molar-refractivity contribution in [2.75, 3.05) is 6.61 Å². The first-order valence-corrected chi connectivity index (χ1v) is 26.7. The number of nitrogens with one attached hydrogen (secondary N) is 1. The first kappa shape index (κ1) is 58.8. The number of aliphatic hydroxyl groups is 2. The Morgan fingerprint density at radius 1 is 0.410 bits per heavy atom. The second-order valence-electron chi connectivity index (χ2n) is 17.9. The molecular formula is C57H103NO3. The Hall–Kier alpha value is -2.17. The number of hydrogen-bond acceptors (Lipinski definition) is 3. The fraction of sp³-hybridized carbons (Fsp3) is 0.772. The summed E-state index contributed by atoms with van der Waals surface area (Å²) in [5, 5.41) is 23.1. The maximum Gasteiger partial charge on any atom is 0.220 e. The predicted molar refractivity (Wildman–Crippen MR) is 271 cm³/mol. The van der Waals surface area contributed by atoms with Gasteiger partial charge in [-0.25, -0.2) is 0 Å². The van der Waals surface area contributed by atoms with E-state index in [0.29, 0.717) is 6.42 Å². The minimum atomic E-state index is -0.864. The summed E-state index contributed by atoms with van der Waals surface area (Å²) in [6.45, 7) is 4.20. The maximum absolute atomic E-state index is 12.4. The molecule has 3 N–H and O–H groups in total. The van der Waals surface area contributed by atoms with Gasteiger partial charge in [0.15, 0.2) is 0 Å². The standard InChI is InChI=1S/C57H103NO3/c1-3-5-7-9-11-13-15-17-19-21-23-24-25-26-27-28-29-30-31-32-33-34-35-37-39-41-43-45-47-49-51-53-57(61)58-55(54-59)56(60)52-50-48-46-44-42-40-38-36-22-20-18-16-14-12-10-8-6-4-2/h5,7,11,13,17,19,23-24,42,44,50,52,55-56,59-60H,3-4,6,8-10,12,14-16,18,20-22,25-41,43,45-49,51,53-54H2,1-2H3,(H,58,61)/b7-5-,13-11-,19-17-,24-23-,44-42+,52-50+. The molecule has 2 atom stereocenters. The number of unbranched alkanes of at least 4 members (excludes halogenated alkanes) is 31. The van der Waals surface area contributed by atoms with Crippen LogP contribution in [0, 0.1) is 0 Å². The highest BCUT2D eigenvalue weighted by Crippen LogP contribution is 2.16. The van der Waals surface area contributed by atoms with Crippen molar-refractivity contribution in [3.8, 4) is 0 Å². The lowest BCUT2D eigenvalue weighted by molar-refractivity contribution is -0.123. The molecule has 0 aliphatic carbocycles. The first-order valence-electron chi connectivity index (χ1n) is 26.7. The number of rotatable bonds is 48. The van der Waals surface area contributed by atoms with E-state index < -0.39 is 12.1 Å². The molecule has 0 bridgehead atoms. The minimum absolute atomic E-state index is 0.0728. The van der Waals surface area contributed by atoms with Crippen molar-refractivity contribution < 1.29 is 15.0 Å². The lowest BCUT2D eigenvalue weighted by Crippen LogP contribution is -2.45. The SMILES string of the molecule is CC/C=C\C/C=C\C/C=C\C/C=C\CCCCCCCCCCCCCCCCCCCCC(=O)NC(CO)C(O)/C=C/CC/C=C/CCCCCCCCCCCCCC. The molecule has 0 saturated carbocycles. The monoisotopic (exact) mass is 850 g/mol. The summed E-state index contributed by atoms with van der Waals surface area (Å²) in [5.41, 5.74) is 0. The lowest BCUT2D eigenvalue weighted by atomic mass is 10.0. The highest BCUT2D eigenvalue weighted by Gasteiger charge is 2.17. The summed E-state index contributed by atoms with van der Waals surface area (Å²) >= 11 is 0. The van der Waals surface area contributed by atoms with Crippen molar-refractivity contribution in [1.82, 2.24) is 5.32 Å². The van der Waals surface area contributed by atoms with E-state index >= 15 is 0 Å². The van der Waals surface area contributed by atoms with Gasteiger partial charge < -0.3 is 15.5 Å². The maximum atomic E-state index is 12.4. The average Bonchev–Trinajstić information content (AvgIpc) is 3.26. The molecule has 0 heterocycles. The zero-order valence-corrected chi connectivity index (χ0v) is 40.7. The van der Waals surface area contributed by atoms with Crippen LogP contribution in [-0.2, 0) is 4.79 Å². The van der Waals surface area contributed by atoms with E-state index in [1.807, 2.05) is 6.08 Å². The number of allylic oxidation sites excluding steroid dienone is 11. The quantitative estimate of drug-likeness (QED) is 0.0422. The Balaban J connectivity index is 3.51. The van der Waals surface area contributed by atoms with Gasteiger partial charge >= 0.3 is 0 Å². The van der Waals surface area contributed by atoms with Crippen molar-refractivity contribution in [2.45, 2.75) is 276 Å². The first-order chi connectivity index (χ1) is 30.2. The molecule has 2 unspecified atom stereocenters. The van der Waals surface area contributed by atoms with E-state index in [-0.39, 0.29) is 12.5 Å². The largest absolute Gasteiger partial charge is 0.394 e. The van der Waals surface area contributed by atoms with E-state index in [9.17, 15) is 15.0 Å². The molecule has 61 heavy (non-hydrogen) atoms. The Labute approximate surface area is 380 Å². The predicted octanol–water partition coefficient (Wildman–Crippen LogP) is 17.4. The van der Waals surface area contributed by atoms with E-state index in [2.05, 4.69) is 79.9 Å². The van der Waals surface area contributed by atoms with Crippen LogP contribution >= 0.6 is 0 Å². The Bertz CT molecular complexity index is 1050. The summed E-state index contributed by atoms with van der Waals surface area (Å²) in [4.78, 5) is 12.4. The van der Waals surface area contributed by atoms with E-state index in [4.69, 9.17) is 0 Å². The van der Waals surface area contributed by atoms with E-state index in [0.717, 1.165) is 57.8 Å². The van der Waals surface area contributed by atoms with Crippen LogP contribution in [0.15, 0.2) is 72.9 Å². The van der Waals surface area contributed by atoms with Gasteiger partial charge in [0, 0.05) is 6.42 Å². The normalized spacial score (nSPS) is 13.4. The topological polar surface area (TPSA) is 69.6 Å². The number of carbonyl (C=O) groups is 1. The molecule has 4 nitrogen and oxygen atoms in total. The molecule has 0 aliphatic rings. The summed E-state index contributed by atoms with van der Waals surface area (Å²) in [6, 6.07) is -0.641. The molecule has 354 valence electrons. The van der Waals surface area contributed by atoms with Crippen LogP contribution in [0.4, 0.5) is 0 Å². The molecule has 0 rings (SSSR count). The van der Waals surface area contributed by atoms with Crippen LogP contribution in [0.5, 0.6) is 0 Å². The van der Waals surface area contributed by atoms with Gasteiger partial charge in [-0.3, -0.25) is 4.79 Å². The molecule has 0 radical (unpaired) electrons. The molecule has 0 aromatic heterocycles. The van der Waals surface area contributed by atoms with Gasteiger partial charge in [-0.05, 0) is 70.6 Å². The zero-order chi connectivity index (χ0) is 44.2. The van der Waals surface area contributed by atoms with Gasteiger partial charge in [-0.15, -0.1) is 0 Å². The molecule has 0 aromatic rings. The lowest BCUT2D eigenvalue weighted by Gasteiger charge is -2.19. The molecule has 0 fully saturated rings. The van der Waals surface area contributed by atoms with Crippen molar-refractivity contribution >= 4 is 5.91 Å². The number of hydrogen-bond donors (Lipinski definition) is 3. The fourth-order valence-corrected chi connectivity index (χ4v) is 7.89. The van der Waals surface area contributed by atoms with E-state index in [1.54, 1.807) is 6.08 Å². The second kappa shape index (κ2) is 52.2. The number of amides is 1. The van der Waals surface area contributed by atoms with Crippen LogP contribution in [0.3, 0.4) is 0 Å². The minimum Gasteiger partial charge on any atom is -0.394 e. The number of aliphatic hydroxyl groups excluding tert-OH is 2. The second-order valence-corrected chi connectivity index (χ2v) is 17.9. The fourth-order valence-electron chi connectivity index (χ4n) is 7.89. The Morgan fingerprint density at radius 2 is 0.738 bits per heavy atom. The highest BCUT2D eigenvalue weighted by atomic mass is 16.3. The molecule has 0 aromatic carbocycles. The van der Waals surface area contributed by atoms with Crippen LogP contribution < -0.4 is 5.32 Å². The molecule has 1 amide bonds. The summed E-state index contributed by atoms with van der Waals surface area (Å²) in [6.07, 6.45) is 74.8. The van der Waals surface area contributed by atoms with E-state index in [1.165, 1.54) is 186 Å². The zero-order valence-electron chi connectivity index (χ0n) is 40.7. The molecule has 4 heteroatoms. The molecule has 0 spiro atoms. The van der Waals surface area contributed by atoms with Gasteiger partial charge in [0.2, 0.25) is 5.91 Å². The molecular weight excluding hydrogens is 747 g/mol. The van der Waals surface area contributed by atoms with Crippen LogP contribution in [-0.4, -0.2) is 34.9 Å². The third kappa shape index (κ3) is 48.7. The van der Waals surface area contributed by atoms with Crippen molar-refractivity contribution in [1.29, 1.82) is 0 Å². The highest BCUT2D eigenvalue weighted by molar-refractivity contribution is 5.76. The Morgan fingerprint density at radius 3 is 1.15 bits per heavy atom. The van der Waals surface area contributed by atoms with Gasteiger partial charge in [0.25, 0.3) is 0 Å². The summed E-state index contributed by atoms with van der Waals surface area (Å²) in [7, 11) is 0. The third-order valence-corrected chi connectivity index (χ3v) is 11.9. The van der Waals surface area contributed by atoms with Crippen molar-refractivity contribution in [2.24, 2.45) is 0 Å². The summed E-state index contributed by atoms with van der Waals surface area (Å²) < 4.78 is 0. The third-order valence-electron chi connectivity index (χ3n) is 11.9. The average molecular weight is 850 g/mol.